The lowest BCUT2D eigenvalue weighted by atomic mass is 10.0. The minimum absolute atomic E-state index is 0.0899. The van der Waals surface area contributed by atoms with Crippen molar-refractivity contribution in [2.45, 2.75) is 63.3 Å². The van der Waals surface area contributed by atoms with Gasteiger partial charge in [0.1, 0.15) is 0 Å². The van der Waals surface area contributed by atoms with E-state index in [9.17, 15) is 4.79 Å². The Labute approximate surface area is 109 Å². The van der Waals surface area contributed by atoms with Gasteiger partial charge in [-0.05, 0) is 39.4 Å². The first kappa shape index (κ1) is 14.8. The predicted octanol–water partition coefficient (Wildman–Crippen LogP) is 2.16. The summed E-state index contributed by atoms with van der Waals surface area (Å²) in [6, 6.07) is 0.514. The van der Waals surface area contributed by atoms with Gasteiger partial charge in [0, 0.05) is 16.8 Å². The van der Waals surface area contributed by atoms with Crippen molar-refractivity contribution >= 4 is 17.7 Å². The SMILES string of the molecule is CCC(C)(C)NC(=O)CNC1CCCC1SC. The topological polar surface area (TPSA) is 41.1 Å². The molecule has 1 fully saturated rings. The molecule has 0 aromatic carbocycles. The normalized spacial score (nSPS) is 24.9. The minimum atomic E-state index is -0.0899. The number of carbonyl (C=O) groups excluding carboxylic acids is 1. The molecule has 0 saturated heterocycles. The average molecular weight is 258 g/mol. The molecule has 1 aliphatic rings. The molecule has 0 aromatic rings. The van der Waals surface area contributed by atoms with Gasteiger partial charge >= 0.3 is 0 Å². The van der Waals surface area contributed by atoms with Gasteiger partial charge in [0.05, 0.1) is 6.54 Å². The molecule has 2 N–H and O–H groups in total. The predicted molar refractivity (Wildman–Crippen MR) is 75.5 cm³/mol. The molecule has 2 unspecified atom stereocenters. The van der Waals surface area contributed by atoms with Crippen molar-refractivity contribution < 1.29 is 4.79 Å². The Bertz CT molecular complexity index is 256. The van der Waals surface area contributed by atoms with Gasteiger partial charge in [0.15, 0.2) is 0 Å². The number of amides is 1. The van der Waals surface area contributed by atoms with Gasteiger partial charge in [-0.2, -0.15) is 11.8 Å². The first-order valence-electron chi connectivity index (χ1n) is 6.55. The molecule has 1 rings (SSSR count). The molecule has 0 aliphatic heterocycles. The number of hydrogen-bond acceptors (Lipinski definition) is 3. The lowest BCUT2D eigenvalue weighted by molar-refractivity contribution is -0.121. The molecule has 17 heavy (non-hydrogen) atoms. The first-order chi connectivity index (χ1) is 7.98. The maximum Gasteiger partial charge on any atom is 0.234 e. The second kappa shape index (κ2) is 6.64. The van der Waals surface area contributed by atoms with Crippen molar-refractivity contribution in [3.8, 4) is 0 Å². The fourth-order valence-corrected chi connectivity index (χ4v) is 3.14. The van der Waals surface area contributed by atoms with Gasteiger partial charge in [-0.25, -0.2) is 0 Å². The summed E-state index contributed by atoms with van der Waals surface area (Å²) in [5, 5.41) is 7.13. The molecular formula is C13H26N2OS. The van der Waals surface area contributed by atoms with Gasteiger partial charge in [-0.3, -0.25) is 4.79 Å². The van der Waals surface area contributed by atoms with Crippen LogP contribution in [-0.2, 0) is 4.79 Å². The summed E-state index contributed by atoms with van der Waals surface area (Å²) in [4.78, 5) is 11.8. The van der Waals surface area contributed by atoms with Crippen LogP contribution < -0.4 is 10.6 Å². The van der Waals surface area contributed by atoms with E-state index in [-0.39, 0.29) is 11.4 Å². The monoisotopic (exact) mass is 258 g/mol. The third kappa shape index (κ3) is 4.88. The average Bonchev–Trinajstić information content (AvgIpc) is 2.73. The lowest BCUT2D eigenvalue weighted by Gasteiger charge is -2.25. The summed E-state index contributed by atoms with van der Waals surface area (Å²) < 4.78 is 0. The van der Waals surface area contributed by atoms with E-state index in [2.05, 4.69) is 37.7 Å². The van der Waals surface area contributed by atoms with Crippen LogP contribution in [0, 0.1) is 0 Å². The van der Waals surface area contributed by atoms with Crippen LogP contribution in [0.1, 0.15) is 46.5 Å². The molecule has 1 aliphatic carbocycles. The summed E-state index contributed by atoms with van der Waals surface area (Å²) in [5.41, 5.74) is -0.0899. The molecule has 3 nitrogen and oxygen atoms in total. The zero-order valence-corrected chi connectivity index (χ0v) is 12.3. The molecule has 0 spiro atoms. The Morgan fingerprint density at radius 2 is 2.12 bits per heavy atom. The highest BCUT2D eigenvalue weighted by atomic mass is 32.2. The van der Waals surface area contributed by atoms with Gasteiger partial charge in [-0.15, -0.1) is 0 Å². The van der Waals surface area contributed by atoms with Crippen LogP contribution in [0.5, 0.6) is 0 Å². The molecule has 0 heterocycles. The van der Waals surface area contributed by atoms with Crippen LogP contribution in [-0.4, -0.2) is 35.5 Å². The van der Waals surface area contributed by atoms with E-state index in [1.54, 1.807) is 0 Å². The van der Waals surface area contributed by atoms with E-state index in [1.165, 1.54) is 19.3 Å². The van der Waals surface area contributed by atoms with Crippen LogP contribution in [0.15, 0.2) is 0 Å². The van der Waals surface area contributed by atoms with Crippen LogP contribution in [0.25, 0.3) is 0 Å². The van der Waals surface area contributed by atoms with E-state index >= 15 is 0 Å². The molecule has 0 bridgehead atoms. The van der Waals surface area contributed by atoms with E-state index in [0.29, 0.717) is 17.8 Å². The van der Waals surface area contributed by atoms with Crippen LogP contribution in [0.4, 0.5) is 0 Å². The van der Waals surface area contributed by atoms with E-state index < -0.39 is 0 Å². The van der Waals surface area contributed by atoms with Gasteiger partial charge < -0.3 is 10.6 Å². The molecular weight excluding hydrogens is 232 g/mol. The summed E-state index contributed by atoms with van der Waals surface area (Å²) in [7, 11) is 0. The van der Waals surface area contributed by atoms with Crippen molar-refractivity contribution in [1.29, 1.82) is 0 Å². The fourth-order valence-electron chi connectivity index (χ4n) is 2.18. The summed E-state index contributed by atoms with van der Waals surface area (Å²) in [6.07, 6.45) is 6.88. The van der Waals surface area contributed by atoms with Crippen molar-refractivity contribution in [3.05, 3.63) is 0 Å². The van der Waals surface area contributed by atoms with Crippen LogP contribution in [0.2, 0.25) is 0 Å². The zero-order chi connectivity index (χ0) is 12.9. The molecule has 1 saturated carbocycles. The van der Waals surface area contributed by atoms with Crippen LogP contribution in [0.3, 0.4) is 0 Å². The second-order valence-electron chi connectivity index (χ2n) is 5.48. The number of rotatable bonds is 6. The second-order valence-corrected chi connectivity index (χ2v) is 6.55. The Morgan fingerprint density at radius 1 is 1.41 bits per heavy atom. The molecule has 2 atom stereocenters. The van der Waals surface area contributed by atoms with Crippen LogP contribution >= 0.6 is 11.8 Å². The standard InChI is InChI=1S/C13H26N2OS/c1-5-13(2,3)15-12(16)9-14-10-7-6-8-11(10)17-4/h10-11,14H,5-9H2,1-4H3,(H,15,16). The maximum atomic E-state index is 11.8. The Hall–Kier alpha value is -0.220. The molecule has 1 amide bonds. The molecule has 100 valence electrons. The highest BCUT2D eigenvalue weighted by Gasteiger charge is 2.26. The summed E-state index contributed by atoms with van der Waals surface area (Å²) in [5.74, 6) is 0.114. The Kier molecular flexibility index (Phi) is 5.80. The number of carbonyl (C=O) groups is 1. The highest BCUT2D eigenvalue weighted by Crippen LogP contribution is 2.28. The summed E-state index contributed by atoms with van der Waals surface area (Å²) >= 11 is 1.92. The number of thioether (sulfide) groups is 1. The molecule has 4 heteroatoms. The third-order valence-electron chi connectivity index (χ3n) is 3.64. The molecule has 0 aromatic heterocycles. The number of hydrogen-bond donors (Lipinski definition) is 2. The smallest absolute Gasteiger partial charge is 0.234 e. The minimum Gasteiger partial charge on any atom is -0.350 e. The Balaban J connectivity index is 2.28. The fraction of sp³-hybridized carbons (Fsp3) is 0.923. The highest BCUT2D eigenvalue weighted by molar-refractivity contribution is 7.99. The van der Waals surface area contributed by atoms with Crippen molar-refractivity contribution in [2.75, 3.05) is 12.8 Å². The van der Waals surface area contributed by atoms with E-state index in [0.717, 1.165) is 6.42 Å². The van der Waals surface area contributed by atoms with Gasteiger partial charge in [0.2, 0.25) is 5.91 Å². The zero-order valence-electron chi connectivity index (χ0n) is 11.5. The number of nitrogens with one attached hydrogen (secondary N) is 2. The molecule has 0 radical (unpaired) electrons. The largest absolute Gasteiger partial charge is 0.350 e. The third-order valence-corrected chi connectivity index (χ3v) is 4.81. The van der Waals surface area contributed by atoms with E-state index in [4.69, 9.17) is 0 Å². The maximum absolute atomic E-state index is 11.8. The summed E-state index contributed by atoms with van der Waals surface area (Å²) in [6.45, 7) is 6.66. The first-order valence-corrected chi connectivity index (χ1v) is 7.84. The quantitative estimate of drug-likeness (QED) is 0.767. The van der Waals surface area contributed by atoms with Gasteiger partial charge in [-0.1, -0.05) is 13.3 Å². The van der Waals surface area contributed by atoms with Crippen molar-refractivity contribution in [3.63, 3.8) is 0 Å². The lowest BCUT2D eigenvalue weighted by Crippen LogP contribution is -2.48. The van der Waals surface area contributed by atoms with Crippen molar-refractivity contribution in [2.24, 2.45) is 0 Å². The van der Waals surface area contributed by atoms with Gasteiger partial charge in [0.25, 0.3) is 0 Å². The van der Waals surface area contributed by atoms with Crippen molar-refractivity contribution in [1.82, 2.24) is 10.6 Å². The Morgan fingerprint density at radius 3 is 2.71 bits per heavy atom. The van der Waals surface area contributed by atoms with E-state index in [1.807, 2.05) is 11.8 Å².